The number of furan rings is 2. The van der Waals surface area contributed by atoms with E-state index in [4.69, 9.17) is 8.83 Å². The van der Waals surface area contributed by atoms with Crippen molar-refractivity contribution in [1.29, 1.82) is 0 Å². The Hall–Kier alpha value is -7.68. The van der Waals surface area contributed by atoms with Crippen LogP contribution in [0.2, 0.25) is 0 Å². The van der Waals surface area contributed by atoms with Crippen molar-refractivity contribution < 1.29 is 8.83 Å². The maximum Gasteiger partial charge on any atom is 0.136 e. The van der Waals surface area contributed by atoms with Crippen LogP contribution >= 0.6 is 0 Å². The molecule has 274 valence electrons. The summed E-state index contributed by atoms with van der Waals surface area (Å²) in [5, 5.41) is 9.37. The van der Waals surface area contributed by atoms with Gasteiger partial charge in [0.2, 0.25) is 0 Å². The SMILES string of the molecule is c1ccc(C2(c3ccccc3)c3cc(-c4cccc5oc6cc7ccccc7cc6c45)ccc3-c3c(-c4ccc5oc6ccccc6c5c4)cc4ccccc4c32)cc1. The van der Waals surface area contributed by atoms with Crippen molar-refractivity contribution in [3.05, 3.63) is 229 Å². The quantitative estimate of drug-likeness (QED) is 0.179. The van der Waals surface area contributed by atoms with E-state index in [1.165, 1.54) is 66.1 Å². The molecule has 0 radical (unpaired) electrons. The number of fused-ring (bicyclic) bond motifs is 12. The lowest BCUT2D eigenvalue weighted by Gasteiger charge is -2.35. The number of para-hydroxylation sites is 1. The molecule has 0 unspecified atom stereocenters. The average Bonchev–Trinajstić information content (AvgIpc) is 3.96. The highest BCUT2D eigenvalue weighted by atomic mass is 16.3. The minimum absolute atomic E-state index is 0.631. The fourth-order valence-electron chi connectivity index (χ4n) is 10.4. The zero-order valence-corrected chi connectivity index (χ0v) is 31.9. The first kappa shape index (κ1) is 32.4. The van der Waals surface area contributed by atoms with Gasteiger partial charge in [0.05, 0.1) is 5.41 Å². The van der Waals surface area contributed by atoms with Crippen molar-refractivity contribution in [2.24, 2.45) is 0 Å². The lowest BCUT2D eigenvalue weighted by molar-refractivity contribution is 0.669. The maximum absolute atomic E-state index is 6.60. The fraction of sp³-hybridized carbons (Fsp3) is 0.0175. The highest BCUT2D eigenvalue weighted by Crippen LogP contribution is 2.61. The summed E-state index contributed by atoms with van der Waals surface area (Å²) < 4.78 is 12.9. The minimum atomic E-state index is -0.631. The first-order chi connectivity index (χ1) is 29.2. The molecule has 2 heteroatoms. The lowest BCUT2D eigenvalue weighted by Crippen LogP contribution is -2.29. The summed E-state index contributed by atoms with van der Waals surface area (Å²) in [4.78, 5) is 0. The normalized spacial score (nSPS) is 13.2. The van der Waals surface area contributed by atoms with Crippen molar-refractivity contribution in [1.82, 2.24) is 0 Å². The zero-order valence-electron chi connectivity index (χ0n) is 31.9. The Morgan fingerprint density at radius 2 is 0.932 bits per heavy atom. The number of hydrogen-bond donors (Lipinski definition) is 0. The molecule has 0 aliphatic heterocycles. The van der Waals surface area contributed by atoms with Crippen molar-refractivity contribution >= 4 is 65.4 Å². The Labute approximate surface area is 340 Å². The molecule has 0 amide bonds. The summed E-state index contributed by atoms with van der Waals surface area (Å²) in [5.41, 5.74) is 15.2. The van der Waals surface area contributed by atoms with E-state index in [2.05, 4.69) is 200 Å². The Kier molecular flexibility index (Phi) is 6.68. The van der Waals surface area contributed by atoms with E-state index in [1.807, 2.05) is 6.07 Å². The van der Waals surface area contributed by atoms with Crippen LogP contribution < -0.4 is 0 Å². The third kappa shape index (κ3) is 4.51. The van der Waals surface area contributed by atoms with Crippen LogP contribution in [0.25, 0.3) is 98.8 Å². The van der Waals surface area contributed by atoms with Crippen LogP contribution in [-0.4, -0.2) is 0 Å². The van der Waals surface area contributed by atoms with Gasteiger partial charge in [0.25, 0.3) is 0 Å². The second-order valence-electron chi connectivity index (χ2n) is 15.9. The molecule has 2 nitrogen and oxygen atoms in total. The van der Waals surface area contributed by atoms with E-state index < -0.39 is 5.41 Å². The summed E-state index contributed by atoms with van der Waals surface area (Å²) in [6.45, 7) is 0. The molecule has 0 saturated carbocycles. The first-order valence-electron chi connectivity index (χ1n) is 20.3. The zero-order chi connectivity index (χ0) is 38.7. The molecule has 12 aromatic rings. The molecule has 2 aromatic heterocycles. The van der Waals surface area contributed by atoms with E-state index in [9.17, 15) is 0 Å². The molecule has 0 spiro atoms. The average molecular weight is 751 g/mol. The standard InChI is InChI=1S/C57H34O2/c1-3-17-40(18-4-1)57(41-19-5-2-6-20-41)49-33-39(42-23-13-25-52-54(42)48-30-35-14-7-8-15-36(35)34-53(48)59-52)26-28-45(49)55-46(31-37-16-9-10-21-43(37)56(55)57)38-27-29-51-47(32-38)44-22-11-12-24-50(44)58-51/h1-34H. The van der Waals surface area contributed by atoms with E-state index in [0.717, 1.165) is 55.0 Å². The molecule has 1 aliphatic rings. The molecule has 0 N–H and O–H groups in total. The number of rotatable bonds is 4. The summed E-state index contributed by atoms with van der Waals surface area (Å²) in [6, 6.07) is 75.4. The van der Waals surface area contributed by atoms with Crippen molar-refractivity contribution in [3.63, 3.8) is 0 Å². The Morgan fingerprint density at radius 1 is 0.322 bits per heavy atom. The van der Waals surface area contributed by atoms with Gasteiger partial charge in [0, 0.05) is 21.5 Å². The van der Waals surface area contributed by atoms with Gasteiger partial charge in [-0.3, -0.25) is 0 Å². The van der Waals surface area contributed by atoms with Gasteiger partial charge in [-0.2, -0.15) is 0 Å². The second-order valence-corrected chi connectivity index (χ2v) is 15.9. The highest BCUT2D eigenvalue weighted by molar-refractivity contribution is 6.16. The second kappa shape index (κ2) is 12.2. The summed E-state index contributed by atoms with van der Waals surface area (Å²) in [6.07, 6.45) is 0. The maximum atomic E-state index is 6.60. The van der Waals surface area contributed by atoms with Crippen LogP contribution in [0.5, 0.6) is 0 Å². The molecule has 13 rings (SSSR count). The smallest absolute Gasteiger partial charge is 0.136 e. The van der Waals surface area contributed by atoms with Gasteiger partial charge in [-0.05, 0) is 126 Å². The molecule has 0 fully saturated rings. The summed E-state index contributed by atoms with van der Waals surface area (Å²) in [5.74, 6) is 0. The van der Waals surface area contributed by atoms with Gasteiger partial charge in [-0.1, -0.05) is 158 Å². The molecule has 0 bridgehead atoms. The van der Waals surface area contributed by atoms with Crippen LogP contribution in [0.3, 0.4) is 0 Å². The molecule has 1 aliphatic carbocycles. The predicted molar refractivity (Wildman–Crippen MR) is 244 cm³/mol. The molecular weight excluding hydrogens is 717 g/mol. The molecule has 59 heavy (non-hydrogen) atoms. The van der Waals surface area contributed by atoms with Crippen LogP contribution in [0, 0.1) is 0 Å². The van der Waals surface area contributed by atoms with Crippen molar-refractivity contribution in [2.45, 2.75) is 5.41 Å². The molecule has 0 saturated heterocycles. The van der Waals surface area contributed by atoms with Crippen LogP contribution in [0.15, 0.2) is 215 Å². The molecular formula is C57H34O2. The third-order valence-electron chi connectivity index (χ3n) is 12.9. The Bertz CT molecular complexity index is 3620. The van der Waals surface area contributed by atoms with Gasteiger partial charge in [0.15, 0.2) is 0 Å². The van der Waals surface area contributed by atoms with Crippen LogP contribution in [-0.2, 0) is 5.41 Å². The molecule has 2 heterocycles. The Balaban J connectivity index is 1.16. The van der Waals surface area contributed by atoms with E-state index in [1.54, 1.807) is 0 Å². The van der Waals surface area contributed by atoms with Crippen LogP contribution in [0.1, 0.15) is 22.3 Å². The van der Waals surface area contributed by atoms with E-state index >= 15 is 0 Å². The summed E-state index contributed by atoms with van der Waals surface area (Å²) >= 11 is 0. The van der Waals surface area contributed by atoms with Gasteiger partial charge in [-0.25, -0.2) is 0 Å². The topological polar surface area (TPSA) is 26.3 Å². The van der Waals surface area contributed by atoms with E-state index in [-0.39, 0.29) is 0 Å². The largest absolute Gasteiger partial charge is 0.456 e. The number of benzene rings is 10. The summed E-state index contributed by atoms with van der Waals surface area (Å²) in [7, 11) is 0. The monoisotopic (exact) mass is 750 g/mol. The first-order valence-corrected chi connectivity index (χ1v) is 20.3. The lowest BCUT2D eigenvalue weighted by atomic mass is 9.66. The molecule has 0 atom stereocenters. The van der Waals surface area contributed by atoms with Gasteiger partial charge >= 0.3 is 0 Å². The van der Waals surface area contributed by atoms with Gasteiger partial charge in [-0.15, -0.1) is 0 Å². The van der Waals surface area contributed by atoms with Gasteiger partial charge < -0.3 is 8.83 Å². The third-order valence-corrected chi connectivity index (χ3v) is 12.9. The number of hydrogen-bond acceptors (Lipinski definition) is 2. The minimum Gasteiger partial charge on any atom is -0.456 e. The predicted octanol–water partition coefficient (Wildman–Crippen LogP) is 15.5. The highest BCUT2D eigenvalue weighted by Gasteiger charge is 2.48. The molecule has 10 aromatic carbocycles. The van der Waals surface area contributed by atoms with Gasteiger partial charge in [0.1, 0.15) is 22.3 Å². The van der Waals surface area contributed by atoms with Crippen LogP contribution in [0.4, 0.5) is 0 Å². The Morgan fingerprint density at radius 3 is 1.73 bits per heavy atom. The van der Waals surface area contributed by atoms with Crippen molar-refractivity contribution in [3.8, 4) is 33.4 Å². The fourth-order valence-corrected chi connectivity index (χ4v) is 10.4. The van der Waals surface area contributed by atoms with E-state index in [0.29, 0.717) is 0 Å². The van der Waals surface area contributed by atoms with Crippen molar-refractivity contribution in [2.75, 3.05) is 0 Å².